The molecule has 0 aliphatic heterocycles. The van der Waals surface area contributed by atoms with Gasteiger partial charge in [0.25, 0.3) is 0 Å². The Bertz CT molecular complexity index is 526. The molecule has 0 fully saturated rings. The van der Waals surface area contributed by atoms with E-state index >= 15 is 0 Å². The zero-order chi connectivity index (χ0) is 13.1. The summed E-state index contributed by atoms with van der Waals surface area (Å²) < 4.78 is 17.2. The van der Waals surface area contributed by atoms with Gasteiger partial charge in [-0.15, -0.1) is 5.10 Å². The first-order valence-electron chi connectivity index (χ1n) is 5.67. The number of aromatic nitrogens is 2. The predicted molar refractivity (Wildman–Crippen MR) is 69.6 cm³/mol. The van der Waals surface area contributed by atoms with Crippen molar-refractivity contribution in [1.82, 2.24) is 15.0 Å². The van der Waals surface area contributed by atoms with Crippen LogP contribution < -0.4 is 11.3 Å². The van der Waals surface area contributed by atoms with Crippen molar-refractivity contribution in [2.45, 2.75) is 25.8 Å². The van der Waals surface area contributed by atoms with Gasteiger partial charge in [0.05, 0.1) is 16.6 Å². The lowest BCUT2D eigenvalue weighted by atomic mass is 10.0. The Labute approximate surface area is 109 Å². The quantitative estimate of drug-likeness (QED) is 0.658. The Morgan fingerprint density at radius 1 is 1.39 bits per heavy atom. The van der Waals surface area contributed by atoms with Crippen LogP contribution in [0.2, 0.25) is 0 Å². The molecule has 0 aliphatic carbocycles. The van der Waals surface area contributed by atoms with Crippen LogP contribution in [-0.4, -0.2) is 9.59 Å². The second-order valence-electron chi connectivity index (χ2n) is 4.33. The Morgan fingerprint density at radius 2 is 2.17 bits per heavy atom. The van der Waals surface area contributed by atoms with Gasteiger partial charge in [0.15, 0.2) is 0 Å². The summed E-state index contributed by atoms with van der Waals surface area (Å²) in [6, 6.07) is 6.09. The molecule has 6 heteroatoms. The molecule has 0 spiro atoms. The van der Waals surface area contributed by atoms with Crippen molar-refractivity contribution in [3.8, 4) is 0 Å². The molecule has 0 amide bonds. The number of hydrogen-bond donors (Lipinski definition) is 2. The van der Waals surface area contributed by atoms with E-state index in [0.717, 1.165) is 16.1 Å². The molecule has 2 rings (SSSR count). The van der Waals surface area contributed by atoms with Crippen molar-refractivity contribution >= 4 is 11.5 Å². The normalized spacial score (nSPS) is 12.9. The van der Waals surface area contributed by atoms with Gasteiger partial charge in [0.1, 0.15) is 5.82 Å². The summed E-state index contributed by atoms with van der Waals surface area (Å²) in [6.07, 6.45) is 0. The number of nitrogens with two attached hydrogens (primary N) is 1. The van der Waals surface area contributed by atoms with Crippen LogP contribution in [0, 0.1) is 5.82 Å². The standard InChI is InChI=1S/C12H15FN4S/c1-7(2)10-12(18-17-16-10)11(15-14)8-4-3-5-9(13)6-8/h3-7,11,15H,14H2,1-2H3. The van der Waals surface area contributed by atoms with Crippen LogP contribution >= 0.6 is 11.5 Å². The van der Waals surface area contributed by atoms with Gasteiger partial charge in [-0.1, -0.05) is 30.5 Å². The number of benzene rings is 1. The van der Waals surface area contributed by atoms with Gasteiger partial charge in [-0.25, -0.2) is 9.82 Å². The van der Waals surface area contributed by atoms with E-state index in [1.165, 1.54) is 23.7 Å². The monoisotopic (exact) mass is 266 g/mol. The molecule has 0 aliphatic rings. The molecule has 1 atom stereocenters. The molecule has 4 nitrogen and oxygen atoms in total. The lowest BCUT2D eigenvalue weighted by Crippen LogP contribution is -2.29. The van der Waals surface area contributed by atoms with E-state index in [9.17, 15) is 4.39 Å². The molecule has 2 aromatic rings. The molecule has 1 unspecified atom stereocenters. The summed E-state index contributed by atoms with van der Waals surface area (Å²) in [5.41, 5.74) is 4.37. The van der Waals surface area contributed by atoms with Crippen LogP contribution in [0.1, 0.15) is 41.9 Å². The molecule has 0 bridgehead atoms. The van der Waals surface area contributed by atoms with Gasteiger partial charge in [0, 0.05) is 0 Å². The number of halogens is 1. The summed E-state index contributed by atoms with van der Waals surface area (Å²) in [6.45, 7) is 4.08. The fourth-order valence-electron chi connectivity index (χ4n) is 1.81. The Hall–Kier alpha value is -1.37. The first kappa shape index (κ1) is 13.1. The van der Waals surface area contributed by atoms with Gasteiger partial charge in [0.2, 0.25) is 0 Å². The summed E-state index contributed by atoms with van der Waals surface area (Å²) in [7, 11) is 0. The van der Waals surface area contributed by atoms with E-state index < -0.39 is 0 Å². The minimum atomic E-state index is -0.281. The van der Waals surface area contributed by atoms with Crippen molar-refractivity contribution in [3.05, 3.63) is 46.2 Å². The molecule has 1 aromatic carbocycles. The van der Waals surface area contributed by atoms with Gasteiger partial charge >= 0.3 is 0 Å². The third-order valence-corrected chi connectivity index (χ3v) is 3.50. The molecule has 0 saturated carbocycles. The van der Waals surface area contributed by atoms with Crippen molar-refractivity contribution in [2.75, 3.05) is 0 Å². The molecule has 1 heterocycles. The summed E-state index contributed by atoms with van der Waals surface area (Å²) >= 11 is 1.29. The van der Waals surface area contributed by atoms with Gasteiger partial charge in [-0.05, 0) is 35.1 Å². The second kappa shape index (κ2) is 5.51. The second-order valence-corrected chi connectivity index (χ2v) is 5.12. The first-order chi connectivity index (χ1) is 8.63. The molecular weight excluding hydrogens is 251 g/mol. The fourth-order valence-corrected chi connectivity index (χ4v) is 2.71. The maximum Gasteiger partial charge on any atom is 0.123 e. The number of rotatable bonds is 4. The van der Waals surface area contributed by atoms with Crippen LogP contribution in [0.25, 0.3) is 0 Å². The average Bonchev–Trinajstić information content (AvgIpc) is 2.79. The van der Waals surface area contributed by atoms with Crippen LogP contribution in [0.5, 0.6) is 0 Å². The SMILES string of the molecule is CC(C)c1nnsc1C(NN)c1cccc(F)c1. The largest absolute Gasteiger partial charge is 0.271 e. The van der Waals surface area contributed by atoms with Crippen molar-refractivity contribution in [2.24, 2.45) is 5.84 Å². The van der Waals surface area contributed by atoms with E-state index in [4.69, 9.17) is 5.84 Å². The smallest absolute Gasteiger partial charge is 0.123 e. The molecular formula is C12H15FN4S. The molecule has 0 radical (unpaired) electrons. The van der Waals surface area contributed by atoms with Crippen LogP contribution in [0.15, 0.2) is 24.3 Å². The highest BCUT2D eigenvalue weighted by atomic mass is 32.1. The lowest BCUT2D eigenvalue weighted by Gasteiger charge is -2.16. The first-order valence-corrected chi connectivity index (χ1v) is 6.44. The highest BCUT2D eigenvalue weighted by molar-refractivity contribution is 7.05. The van der Waals surface area contributed by atoms with Crippen LogP contribution in [0.3, 0.4) is 0 Å². The third-order valence-electron chi connectivity index (χ3n) is 2.70. The highest BCUT2D eigenvalue weighted by Crippen LogP contribution is 2.30. The molecule has 1 aromatic heterocycles. The van der Waals surface area contributed by atoms with Gasteiger partial charge in [-0.3, -0.25) is 5.84 Å². The Morgan fingerprint density at radius 3 is 2.78 bits per heavy atom. The van der Waals surface area contributed by atoms with Gasteiger partial charge < -0.3 is 0 Å². The predicted octanol–water partition coefficient (Wildman–Crippen LogP) is 2.35. The highest BCUT2D eigenvalue weighted by Gasteiger charge is 2.21. The van der Waals surface area contributed by atoms with Crippen molar-refractivity contribution < 1.29 is 4.39 Å². The lowest BCUT2D eigenvalue weighted by molar-refractivity contribution is 0.604. The van der Waals surface area contributed by atoms with E-state index in [1.807, 2.05) is 19.9 Å². The summed E-state index contributed by atoms with van der Waals surface area (Å²) in [4.78, 5) is 0.929. The summed E-state index contributed by atoms with van der Waals surface area (Å²) in [5, 5.41) is 4.11. The van der Waals surface area contributed by atoms with E-state index in [-0.39, 0.29) is 17.8 Å². The molecule has 0 saturated heterocycles. The number of nitrogens with one attached hydrogen (secondary N) is 1. The van der Waals surface area contributed by atoms with Crippen molar-refractivity contribution in [1.29, 1.82) is 0 Å². The van der Waals surface area contributed by atoms with E-state index in [2.05, 4.69) is 15.0 Å². The fraction of sp³-hybridized carbons (Fsp3) is 0.333. The maximum atomic E-state index is 13.3. The summed E-state index contributed by atoms with van der Waals surface area (Å²) in [5.74, 6) is 5.57. The number of hydrazine groups is 1. The third kappa shape index (κ3) is 2.55. The van der Waals surface area contributed by atoms with Crippen LogP contribution in [-0.2, 0) is 0 Å². The van der Waals surface area contributed by atoms with Crippen molar-refractivity contribution in [3.63, 3.8) is 0 Å². The van der Waals surface area contributed by atoms with E-state index in [0.29, 0.717) is 0 Å². The molecule has 18 heavy (non-hydrogen) atoms. The van der Waals surface area contributed by atoms with E-state index in [1.54, 1.807) is 6.07 Å². The minimum Gasteiger partial charge on any atom is -0.271 e. The molecule has 3 N–H and O–H groups in total. The zero-order valence-electron chi connectivity index (χ0n) is 10.2. The maximum absolute atomic E-state index is 13.3. The molecule has 96 valence electrons. The Kier molecular flexibility index (Phi) is 4.00. The van der Waals surface area contributed by atoms with Gasteiger partial charge in [-0.2, -0.15) is 0 Å². The minimum absolute atomic E-state index is 0.253. The average molecular weight is 266 g/mol. The zero-order valence-corrected chi connectivity index (χ0v) is 11.0. The Balaban J connectivity index is 2.42. The topological polar surface area (TPSA) is 63.8 Å². The number of hydrogen-bond acceptors (Lipinski definition) is 5. The van der Waals surface area contributed by atoms with Crippen LogP contribution in [0.4, 0.5) is 4.39 Å². The number of nitrogens with zero attached hydrogens (tertiary/aromatic N) is 2.